The minimum absolute atomic E-state index is 0.473. The second-order valence-electron chi connectivity index (χ2n) is 4.99. The maximum atomic E-state index is 5.85. The fraction of sp³-hybridized carbons (Fsp3) is 0.643. The second kappa shape index (κ2) is 6.59. The van der Waals surface area contributed by atoms with Crippen molar-refractivity contribution in [2.45, 2.75) is 45.1 Å². The zero-order valence-corrected chi connectivity index (χ0v) is 11.1. The molecular formula is C14H23N3O. The fourth-order valence-electron chi connectivity index (χ4n) is 2.41. The first-order valence-electron chi connectivity index (χ1n) is 6.83. The number of rotatable bonds is 5. The molecule has 0 bridgehead atoms. The number of aryl methyl sites for hydroxylation is 1. The van der Waals surface area contributed by atoms with Gasteiger partial charge in [-0.05, 0) is 31.4 Å². The van der Waals surface area contributed by atoms with Gasteiger partial charge >= 0.3 is 0 Å². The molecule has 1 aromatic heterocycles. The lowest BCUT2D eigenvalue weighted by Crippen LogP contribution is -2.20. The highest BCUT2D eigenvalue weighted by molar-refractivity contribution is 5.50. The van der Waals surface area contributed by atoms with Gasteiger partial charge in [0.2, 0.25) is 0 Å². The van der Waals surface area contributed by atoms with Crippen LogP contribution < -0.4 is 11.1 Å². The number of anilines is 2. The van der Waals surface area contributed by atoms with Gasteiger partial charge in [0.1, 0.15) is 5.82 Å². The number of ether oxygens (including phenoxy) is 1. The molecule has 0 radical (unpaired) electrons. The van der Waals surface area contributed by atoms with Crippen LogP contribution in [0.1, 0.15) is 37.7 Å². The fourth-order valence-corrected chi connectivity index (χ4v) is 2.41. The predicted octanol–water partition coefficient (Wildman–Crippen LogP) is 2.73. The number of nitrogens with zero attached hydrogens (tertiary/aromatic N) is 1. The first kappa shape index (κ1) is 13.1. The number of nitrogens with two attached hydrogens (primary N) is 1. The molecule has 100 valence electrons. The third-order valence-corrected chi connectivity index (χ3v) is 3.40. The van der Waals surface area contributed by atoms with E-state index in [2.05, 4.69) is 10.3 Å². The van der Waals surface area contributed by atoms with Crippen LogP contribution in [0, 0.1) is 6.92 Å². The molecule has 0 unspecified atom stereocenters. The van der Waals surface area contributed by atoms with Gasteiger partial charge in [-0.25, -0.2) is 4.98 Å². The standard InChI is InChI=1S/C14H23N3O/c1-11-9-12(15)10-17-14(11)16-7-8-18-13-5-3-2-4-6-13/h9-10,13H,2-8,15H2,1H3,(H,16,17). The Morgan fingerprint density at radius 1 is 1.39 bits per heavy atom. The highest BCUT2D eigenvalue weighted by Crippen LogP contribution is 2.20. The maximum absolute atomic E-state index is 5.85. The van der Waals surface area contributed by atoms with Gasteiger partial charge in [-0.2, -0.15) is 0 Å². The molecule has 1 aliphatic rings. The Kier molecular flexibility index (Phi) is 4.81. The van der Waals surface area contributed by atoms with Crippen molar-refractivity contribution in [2.24, 2.45) is 0 Å². The summed E-state index contributed by atoms with van der Waals surface area (Å²) >= 11 is 0. The second-order valence-corrected chi connectivity index (χ2v) is 4.99. The summed E-state index contributed by atoms with van der Waals surface area (Å²) < 4.78 is 5.85. The summed E-state index contributed by atoms with van der Waals surface area (Å²) in [6, 6.07) is 1.93. The van der Waals surface area contributed by atoms with Gasteiger partial charge in [0.05, 0.1) is 24.6 Å². The predicted molar refractivity (Wildman–Crippen MR) is 74.7 cm³/mol. The van der Waals surface area contributed by atoms with Gasteiger partial charge in [0, 0.05) is 6.54 Å². The smallest absolute Gasteiger partial charge is 0.129 e. The molecule has 0 saturated heterocycles. The summed E-state index contributed by atoms with van der Waals surface area (Å²) in [5.74, 6) is 0.899. The Labute approximate surface area is 109 Å². The van der Waals surface area contributed by atoms with Crippen LogP contribution in [-0.4, -0.2) is 24.2 Å². The number of hydrogen-bond acceptors (Lipinski definition) is 4. The van der Waals surface area contributed by atoms with Gasteiger partial charge in [-0.3, -0.25) is 0 Å². The van der Waals surface area contributed by atoms with Crippen molar-refractivity contribution in [1.82, 2.24) is 4.98 Å². The van der Waals surface area contributed by atoms with E-state index in [-0.39, 0.29) is 0 Å². The molecule has 3 N–H and O–H groups in total. The molecular weight excluding hydrogens is 226 g/mol. The van der Waals surface area contributed by atoms with Gasteiger partial charge < -0.3 is 15.8 Å². The van der Waals surface area contributed by atoms with Gasteiger partial charge in [0.25, 0.3) is 0 Å². The molecule has 1 saturated carbocycles. The lowest BCUT2D eigenvalue weighted by molar-refractivity contribution is 0.0347. The van der Waals surface area contributed by atoms with Crippen LogP contribution >= 0.6 is 0 Å². The number of pyridine rings is 1. The molecule has 0 aliphatic heterocycles. The number of aromatic nitrogens is 1. The van der Waals surface area contributed by atoms with Crippen LogP contribution in [0.25, 0.3) is 0 Å². The summed E-state index contributed by atoms with van der Waals surface area (Å²) in [7, 11) is 0. The Morgan fingerprint density at radius 2 is 2.17 bits per heavy atom. The third kappa shape index (κ3) is 3.88. The first-order valence-corrected chi connectivity index (χ1v) is 6.83. The van der Waals surface area contributed by atoms with E-state index >= 15 is 0 Å². The summed E-state index contributed by atoms with van der Waals surface area (Å²) in [6.07, 6.45) is 8.59. The first-order chi connectivity index (χ1) is 8.75. The highest BCUT2D eigenvalue weighted by Gasteiger charge is 2.13. The molecule has 18 heavy (non-hydrogen) atoms. The topological polar surface area (TPSA) is 60.2 Å². The van der Waals surface area contributed by atoms with Crippen molar-refractivity contribution >= 4 is 11.5 Å². The maximum Gasteiger partial charge on any atom is 0.129 e. The number of nitrogens with one attached hydrogen (secondary N) is 1. The molecule has 0 spiro atoms. The van der Waals surface area contributed by atoms with Crippen molar-refractivity contribution < 1.29 is 4.74 Å². The zero-order chi connectivity index (χ0) is 12.8. The van der Waals surface area contributed by atoms with E-state index in [9.17, 15) is 0 Å². The molecule has 0 atom stereocenters. The highest BCUT2D eigenvalue weighted by atomic mass is 16.5. The van der Waals surface area contributed by atoms with Crippen molar-refractivity contribution in [3.63, 3.8) is 0 Å². The molecule has 2 rings (SSSR count). The van der Waals surface area contributed by atoms with E-state index in [0.29, 0.717) is 11.8 Å². The Balaban J connectivity index is 1.68. The van der Waals surface area contributed by atoms with Crippen molar-refractivity contribution in [3.8, 4) is 0 Å². The van der Waals surface area contributed by atoms with E-state index in [1.165, 1.54) is 32.1 Å². The molecule has 1 fully saturated rings. The average Bonchev–Trinajstić information content (AvgIpc) is 2.38. The Bertz CT molecular complexity index is 375. The normalized spacial score (nSPS) is 16.7. The quantitative estimate of drug-likeness (QED) is 0.788. The zero-order valence-electron chi connectivity index (χ0n) is 11.1. The van der Waals surface area contributed by atoms with Crippen molar-refractivity contribution in [1.29, 1.82) is 0 Å². The SMILES string of the molecule is Cc1cc(N)cnc1NCCOC1CCCCC1. The largest absolute Gasteiger partial charge is 0.397 e. The van der Waals surface area contributed by atoms with E-state index < -0.39 is 0 Å². The molecule has 4 nitrogen and oxygen atoms in total. The van der Waals surface area contributed by atoms with Gasteiger partial charge in [-0.15, -0.1) is 0 Å². The number of hydrogen-bond donors (Lipinski definition) is 2. The van der Waals surface area contributed by atoms with E-state index in [1.807, 2.05) is 13.0 Å². The van der Waals surface area contributed by atoms with E-state index in [4.69, 9.17) is 10.5 Å². The molecule has 0 aromatic carbocycles. The van der Waals surface area contributed by atoms with Crippen molar-refractivity contribution in [3.05, 3.63) is 17.8 Å². The molecule has 0 amide bonds. The average molecular weight is 249 g/mol. The lowest BCUT2D eigenvalue weighted by Gasteiger charge is -2.22. The summed E-state index contributed by atoms with van der Waals surface area (Å²) in [6.45, 7) is 3.55. The van der Waals surface area contributed by atoms with Crippen LogP contribution in [0.4, 0.5) is 11.5 Å². The summed E-state index contributed by atoms with van der Waals surface area (Å²) in [5.41, 5.74) is 7.45. The molecule has 4 heteroatoms. The van der Waals surface area contributed by atoms with Gasteiger partial charge in [0.15, 0.2) is 0 Å². The Morgan fingerprint density at radius 3 is 2.89 bits per heavy atom. The van der Waals surface area contributed by atoms with Crippen LogP contribution in [-0.2, 0) is 4.74 Å². The van der Waals surface area contributed by atoms with Crippen LogP contribution in [0.2, 0.25) is 0 Å². The molecule has 1 aliphatic carbocycles. The van der Waals surface area contributed by atoms with E-state index in [0.717, 1.165) is 24.5 Å². The monoisotopic (exact) mass is 249 g/mol. The molecule has 1 aromatic rings. The van der Waals surface area contributed by atoms with Crippen LogP contribution in [0.15, 0.2) is 12.3 Å². The Hall–Kier alpha value is -1.29. The number of nitrogen functional groups attached to an aromatic ring is 1. The van der Waals surface area contributed by atoms with E-state index in [1.54, 1.807) is 6.20 Å². The van der Waals surface area contributed by atoms with Crippen molar-refractivity contribution in [2.75, 3.05) is 24.2 Å². The lowest BCUT2D eigenvalue weighted by atomic mass is 9.98. The summed E-state index contributed by atoms with van der Waals surface area (Å²) in [5, 5.41) is 3.29. The third-order valence-electron chi connectivity index (χ3n) is 3.40. The summed E-state index contributed by atoms with van der Waals surface area (Å²) in [4.78, 5) is 4.27. The minimum atomic E-state index is 0.473. The van der Waals surface area contributed by atoms with Crippen LogP contribution in [0.5, 0.6) is 0 Å². The molecule has 1 heterocycles. The van der Waals surface area contributed by atoms with Crippen LogP contribution in [0.3, 0.4) is 0 Å². The van der Waals surface area contributed by atoms with Gasteiger partial charge in [-0.1, -0.05) is 19.3 Å². The minimum Gasteiger partial charge on any atom is -0.397 e.